The summed E-state index contributed by atoms with van der Waals surface area (Å²) in [6.07, 6.45) is -4.76. The van der Waals surface area contributed by atoms with Crippen molar-refractivity contribution in [3.8, 4) is 5.75 Å². The summed E-state index contributed by atoms with van der Waals surface area (Å²) in [7, 11) is -3.03. The van der Waals surface area contributed by atoms with Crippen LogP contribution in [0.3, 0.4) is 0 Å². The first-order chi connectivity index (χ1) is 11.6. The van der Waals surface area contributed by atoms with E-state index < -0.39 is 45.9 Å². The number of oxime groups is 1. The quantitative estimate of drug-likeness (QED) is 0.389. The number of carbonyl (C=O) groups excluding carboxylic acids is 1. The molecule has 7 nitrogen and oxygen atoms in total. The van der Waals surface area contributed by atoms with E-state index in [0.29, 0.717) is 0 Å². The molecule has 0 aliphatic rings. The van der Waals surface area contributed by atoms with Gasteiger partial charge in [-0.2, -0.15) is 21.6 Å². The minimum atomic E-state index is -4.93. The van der Waals surface area contributed by atoms with E-state index >= 15 is 0 Å². The van der Waals surface area contributed by atoms with E-state index in [1.54, 1.807) is 0 Å². The average molecular weight is 383 g/mol. The van der Waals surface area contributed by atoms with Gasteiger partial charge in [0.15, 0.2) is 12.3 Å². The second-order valence-electron chi connectivity index (χ2n) is 4.66. The highest BCUT2D eigenvalue weighted by atomic mass is 32.2. The van der Waals surface area contributed by atoms with Gasteiger partial charge in [0, 0.05) is 5.56 Å². The van der Waals surface area contributed by atoms with Gasteiger partial charge >= 0.3 is 22.3 Å². The van der Waals surface area contributed by atoms with E-state index in [0.717, 1.165) is 19.2 Å². The van der Waals surface area contributed by atoms with Gasteiger partial charge in [-0.1, -0.05) is 12.1 Å². The Hall–Kier alpha value is -2.30. The number of ether oxygens (including phenoxy) is 2. The van der Waals surface area contributed by atoms with Crippen molar-refractivity contribution in [3.63, 3.8) is 0 Å². The Balaban J connectivity index is 2.99. The molecule has 1 rings (SSSR count). The first-order valence-corrected chi connectivity index (χ1v) is 8.53. The molecule has 0 bridgehead atoms. The Kier molecular flexibility index (Phi) is 7.22. The molecule has 25 heavy (non-hydrogen) atoms. The molecule has 0 N–H and O–H groups in total. The van der Waals surface area contributed by atoms with Crippen LogP contribution in [0.1, 0.15) is 18.9 Å². The number of esters is 1. The maximum atomic E-state index is 13.1. The van der Waals surface area contributed by atoms with E-state index in [-0.39, 0.29) is 12.2 Å². The van der Waals surface area contributed by atoms with Crippen molar-refractivity contribution in [2.45, 2.75) is 19.5 Å². The standard InChI is InChI=1S/C14H16F3NO6S/c1-3-8-25(20,21)24-18-13(14(15,16)17)10-4-6-11(7-5-10)23-9-12(19)22-2/h4-7H,3,8-9H2,1-2H3. The van der Waals surface area contributed by atoms with Crippen molar-refractivity contribution in [2.75, 3.05) is 19.5 Å². The van der Waals surface area contributed by atoms with Crippen LogP contribution in [0.25, 0.3) is 0 Å². The van der Waals surface area contributed by atoms with Gasteiger partial charge in [0.25, 0.3) is 0 Å². The average Bonchev–Trinajstić information content (AvgIpc) is 2.52. The zero-order chi connectivity index (χ0) is 19.1. The molecule has 0 aliphatic heterocycles. The summed E-state index contributed by atoms with van der Waals surface area (Å²) in [5, 5.41) is 2.76. The minimum absolute atomic E-state index is 0.121. The Morgan fingerprint density at radius 3 is 2.28 bits per heavy atom. The lowest BCUT2D eigenvalue weighted by Gasteiger charge is -2.11. The summed E-state index contributed by atoms with van der Waals surface area (Å²) in [5.74, 6) is -0.992. The van der Waals surface area contributed by atoms with Gasteiger partial charge in [-0.25, -0.2) is 4.79 Å². The maximum Gasteiger partial charge on any atom is 0.437 e. The van der Waals surface area contributed by atoms with Crippen LogP contribution < -0.4 is 4.74 Å². The molecule has 11 heteroatoms. The van der Waals surface area contributed by atoms with Crippen LogP contribution >= 0.6 is 0 Å². The Bertz CT molecular complexity index is 713. The number of hydrogen-bond acceptors (Lipinski definition) is 7. The van der Waals surface area contributed by atoms with Gasteiger partial charge in [-0.15, -0.1) is 0 Å². The molecule has 0 amide bonds. The molecule has 0 aromatic heterocycles. The molecule has 1 aromatic rings. The van der Waals surface area contributed by atoms with E-state index in [9.17, 15) is 26.4 Å². The van der Waals surface area contributed by atoms with Crippen LogP contribution in [0.5, 0.6) is 5.75 Å². The normalized spacial score (nSPS) is 12.6. The van der Waals surface area contributed by atoms with Crippen LogP contribution in [0.4, 0.5) is 13.2 Å². The van der Waals surface area contributed by atoms with Crippen molar-refractivity contribution < 1.29 is 40.1 Å². The highest BCUT2D eigenvalue weighted by Crippen LogP contribution is 2.24. The van der Waals surface area contributed by atoms with Gasteiger partial charge in [0.2, 0.25) is 0 Å². The van der Waals surface area contributed by atoms with Crippen molar-refractivity contribution in [1.29, 1.82) is 0 Å². The first-order valence-electron chi connectivity index (χ1n) is 6.95. The SMILES string of the molecule is CCCS(=O)(=O)ON=C(c1ccc(OCC(=O)OC)cc1)C(F)(F)F. The molecule has 140 valence electrons. The number of methoxy groups -OCH3 is 1. The van der Waals surface area contributed by atoms with Gasteiger partial charge in [-0.3, -0.25) is 4.28 Å². The molecule has 1 aromatic carbocycles. The minimum Gasteiger partial charge on any atom is -0.482 e. The van der Waals surface area contributed by atoms with Gasteiger partial charge in [-0.05, 0) is 30.7 Å². The van der Waals surface area contributed by atoms with Crippen molar-refractivity contribution in [2.24, 2.45) is 5.16 Å². The third-order valence-corrected chi connectivity index (χ3v) is 3.89. The molecule has 0 saturated heterocycles. The van der Waals surface area contributed by atoms with Crippen molar-refractivity contribution in [3.05, 3.63) is 29.8 Å². The van der Waals surface area contributed by atoms with E-state index in [2.05, 4.69) is 14.2 Å². The monoisotopic (exact) mass is 383 g/mol. The number of halogens is 3. The highest BCUT2D eigenvalue weighted by Gasteiger charge is 2.38. The zero-order valence-electron chi connectivity index (χ0n) is 13.4. The molecular weight excluding hydrogens is 367 g/mol. The van der Waals surface area contributed by atoms with E-state index in [4.69, 9.17) is 4.74 Å². The second kappa shape index (κ2) is 8.70. The lowest BCUT2D eigenvalue weighted by molar-refractivity contribution is -0.142. The molecule has 0 spiro atoms. The molecule has 0 atom stereocenters. The molecule has 0 heterocycles. The predicted octanol–water partition coefficient (Wildman–Crippen LogP) is 2.26. The van der Waals surface area contributed by atoms with Crippen LogP contribution in [0.2, 0.25) is 0 Å². The predicted molar refractivity (Wildman–Crippen MR) is 81.7 cm³/mol. The van der Waals surface area contributed by atoms with Gasteiger partial charge in [0.05, 0.1) is 12.9 Å². The lowest BCUT2D eigenvalue weighted by atomic mass is 10.1. The largest absolute Gasteiger partial charge is 0.482 e. The lowest BCUT2D eigenvalue weighted by Crippen LogP contribution is -2.25. The number of nitrogens with zero attached hydrogens (tertiary/aromatic N) is 1. The summed E-state index contributed by atoms with van der Waals surface area (Å²) in [6.45, 7) is 1.12. The fraction of sp³-hybridized carbons (Fsp3) is 0.429. The Morgan fingerprint density at radius 1 is 1.20 bits per heavy atom. The Morgan fingerprint density at radius 2 is 1.80 bits per heavy atom. The van der Waals surface area contributed by atoms with Crippen LogP contribution in [0, 0.1) is 0 Å². The first kappa shape index (κ1) is 20.7. The summed E-state index contributed by atoms with van der Waals surface area (Å²) in [5.41, 5.74) is -1.93. The number of benzene rings is 1. The smallest absolute Gasteiger partial charge is 0.437 e. The number of alkyl halides is 3. The molecule has 0 fully saturated rings. The topological polar surface area (TPSA) is 91.3 Å². The molecule has 0 aliphatic carbocycles. The summed E-state index contributed by atoms with van der Waals surface area (Å²) >= 11 is 0. The molecule has 0 saturated carbocycles. The third-order valence-electron chi connectivity index (χ3n) is 2.68. The van der Waals surface area contributed by atoms with Crippen LogP contribution in [-0.4, -0.2) is 45.7 Å². The fourth-order valence-electron chi connectivity index (χ4n) is 1.56. The highest BCUT2D eigenvalue weighted by molar-refractivity contribution is 7.86. The second-order valence-corrected chi connectivity index (χ2v) is 6.34. The maximum absolute atomic E-state index is 13.1. The van der Waals surface area contributed by atoms with E-state index in [1.807, 2.05) is 0 Å². The van der Waals surface area contributed by atoms with Crippen molar-refractivity contribution in [1.82, 2.24) is 0 Å². The number of rotatable bonds is 8. The zero-order valence-corrected chi connectivity index (χ0v) is 14.2. The van der Waals surface area contributed by atoms with Gasteiger partial charge in [0.1, 0.15) is 5.75 Å². The fourth-order valence-corrected chi connectivity index (χ4v) is 2.32. The van der Waals surface area contributed by atoms with Crippen molar-refractivity contribution >= 4 is 21.8 Å². The Labute approximate surface area is 142 Å². The number of carbonyl (C=O) groups is 1. The molecule has 0 radical (unpaired) electrons. The number of hydrogen-bond donors (Lipinski definition) is 0. The summed E-state index contributed by atoms with van der Waals surface area (Å²) in [4.78, 5) is 10.9. The summed E-state index contributed by atoms with van der Waals surface area (Å²) in [6, 6.07) is 4.35. The van der Waals surface area contributed by atoms with Crippen LogP contribution in [0.15, 0.2) is 29.4 Å². The summed E-state index contributed by atoms with van der Waals surface area (Å²) < 4.78 is 75.4. The van der Waals surface area contributed by atoms with Crippen LogP contribution in [-0.2, 0) is 23.9 Å². The van der Waals surface area contributed by atoms with E-state index in [1.165, 1.54) is 19.1 Å². The third kappa shape index (κ3) is 6.99. The van der Waals surface area contributed by atoms with Gasteiger partial charge < -0.3 is 9.47 Å². The molecular formula is C14H16F3NO6S. The molecule has 0 unspecified atom stereocenters.